The van der Waals surface area contributed by atoms with E-state index in [2.05, 4.69) is 84.9 Å². The fraction of sp³-hybridized carbons (Fsp3) is 0. The Balaban J connectivity index is 1.08. The molecule has 0 N–H and O–H groups in total. The van der Waals surface area contributed by atoms with Crippen molar-refractivity contribution in [2.24, 2.45) is 0 Å². The second kappa shape index (κ2) is 12.7. The number of aromatic nitrogens is 5. The molecule has 0 aliphatic carbocycles. The summed E-state index contributed by atoms with van der Waals surface area (Å²) in [6.45, 7) is 0. The van der Waals surface area contributed by atoms with Crippen LogP contribution in [0.5, 0.6) is 0 Å². The van der Waals surface area contributed by atoms with Gasteiger partial charge < -0.3 is 4.42 Å². The van der Waals surface area contributed by atoms with E-state index in [1.807, 2.05) is 78.9 Å². The number of benzene rings is 7. The van der Waals surface area contributed by atoms with Crippen molar-refractivity contribution in [1.82, 2.24) is 24.9 Å². The normalized spacial score (nSPS) is 11.9. The molecule has 5 aromatic heterocycles. The van der Waals surface area contributed by atoms with Gasteiger partial charge in [0, 0.05) is 73.5 Å². The van der Waals surface area contributed by atoms with Crippen molar-refractivity contribution in [2.75, 3.05) is 0 Å². The van der Waals surface area contributed by atoms with E-state index in [0.29, 0.717) is 28.9 Å². The third-order valence-electron chi connectivity index (χ3n) is 10.6. The minimum Gasteiger partial charge on any atom is -0.452 e. The molecule has 57 heavy (non-hydrogen) atoms. The van der Waals surface area contributed by atoms with E-state index in [0.717, 1.165) is 70.2 Å². The van der Waals surface area contributed by atoms with Crippen molar-refractivity contribution in [3.63, 3.8) is 0 Å². The van der Waals surface area contributed by atoms with E-state index in [-0.39, 0.29) is 0 Å². The SMILES string of the molecule is c1ccc(-c2nc(-c3ccccc3)nc(-c3cccc4sc5c(-c6nc(-c7ccc8c(c7)sc7ccccc78)c7oc8ccccc8c7n6)cccc5c34)n2)cc1. The lowest BCUT2D eigenvalue weighted by Crippen LogP contribution is -2.00. The molecule has 0 aliphatic heterocycles. The van der Waals surface area contributed by atoms with Crippen LogP contribution in [0.3, 0.4) is 0 Å². The fourth-order valence-corrected chi connectivity index (χ4v) is 10.3. The number of rotatable bonds is 5. The lowest BCUT2D eigenvalue weighted by molar-refractivity contribution is 0.667. The second-order valence-corrected chi connectivity index (χ2v) is 16.1. The van der Waals surface area contributed by atoms with Gasteiger partial charge in [-0.3, -0.25) is 0 Å². The number of hydrogen-bond acceptors (Lipinski definition) is 8. The predicted octanol–water partition coefficient (Wildman–Crippen LogP) is 13.6. The quantitative estimate of drug-likeness (QED) is 0.174. The minimum absolute atomic E-state index is 0.625. The first-order chi connectivity index (χ1) is 28.2. The van der Waals surface area contributed by atoms with Crippen molar-refractivity contribution in [3.8, 4) is 56.8 Å². The highest BCUT2D eigenvalue weighted by molar-refractivity contribution is 7.26. The standard InChI is InChI=1S/C49H27N5OS2/c1-3-13-28(14-4-1)46-52-47(29-15-5-2-6-16-29)54-48(53-46)35-20-12-24-39-41(35)34-19-11-21-36(45(34)57-39)49-50-42(44-43(51-49)33-18-7-9-22-37(33)55-44)30-25-26-32-31-17-8-10-23-38(31)56-40(32)27-30/h1-27H. The summed E-state index contributed by atoms with van der Waals surface area (Å²) in [6.07, 6.45) is 0. The molecule has 12 rings (SSSR count). The summed E-state index contributed by atoms with van der Waals surface area (Å²) >= 11 is 3.53. The van der Waals surface area contributed by atoms with Crippen LogP contribution >= 0.6 is 22.7 Å². The van der Waals surface area contributed by atoms with Gasteiger partial charge in [-0.1, -0.05) is 127 Å². The maximum absolute atomic E-state index is 6.55. The molecule has 0 unspecified atom stereocenters. The summed E-state index contributed by atoms with van der Waals surface area (Å²) in [5.74, 6) is 2.54. The zero-order valence-corrected chi connectivity index (χ0v) is 31.7. The maximum Gasteiger partial charge on any atom is 0.180 e. The first-order valence-electron chi connectivity index (χ1n) is 18.7. The summed E-state index contributed by atoms with van der Waals surface area (Å²) < 4.78 is 11.2. The molecule has 266 valence electrons. The van der Waals surface area contributed by atoms with E-state index in [4.69, 9.17) is 29.3 Å². The largest absolute Gasteiger partial charge is 0.452 e. The van der Waals surface area contributed by atoms with Crippen LogP contribution in [-0.2, 0) is 0 Å². The highest BCUT2D eigenvalue weighted by Crippen LogP contribution is 2.45. The van der Waals surface area contributed by atoms with Gasteiger partial charge in [0.2, 0.25) is 0 Å². The Morgan fingerprint density at radius 3 is 1.81 bits per heavy atom. The van der Waals surface area contributed by atoms with Gasteiger partial charge in [-0.15, -0.1) is 22.7 Å². The van der Waals surface area contributed by atoms with Gasteiger partial charge in [-0.25, -0.2) is 24.9 Å². The highest BCUT2D eigenvalue weighted by atomic mass is 32.1. The van der Waals surface area contributed by atoms with Crippen molar-refractivity contribution in [2.45, 2.75) is 0 Å². The van der Waals surface area contributed by atoms with Gasteiger partial charge in [-0.05, 0) is 36.4 Å². The van der Waals surface area contributed by atoms with Crippen molar-refractivity contribution < 1.29 is 4.42 Å². The van der Waals surface area contributed by atoms with Crippen LogP contribution in [0.1, 0.15) is 0 Å². The summed E-state index contributed by atoms with van der Waals surface area (Å²) in [5, 5.41) is 5.66. The van der Waals surface area contributed by atoms with Gasteiger partial charge in [0.05, 0.1) is 0 Å². The molecule has 0 amide bonds. The molecular weight excluding hydrogens is 739 g/mol. The van der Waals surface area contributed by atoms with Crippen LogP contribution in [0.2, 0.25) is 0 Å². The predicted molar refractivity (Wildman–Crippen MR) is 236 cm³/mol. The number of para-hydroxylation sites is 1. The number of nitrogens with zero attached hydrogens (tertiary/aromatic N) is 5. The average Bonchev–Trinajstić information content (AvgIpc) is 3.97. The molecule has 0 fully saturated rings. The lowest BCUT2D eigenvalue weighted by atomic mass is 10.0. The van der Waals surface area contributed by atoms with Crippen molar-refractivity contribution in [1.29, 1.82) is 0 Å². The number of thiophene rings is 2. The molecule has 0 spiro atoms. The number of hydrogen-bond donors (Lipinski definition) is 0. The maximum atomic E-state index is 6.55. The third-order valence-corrected chi connectivity index (χ3v) is 12.9. The fourth-order valence-electron chi connectivity index (χ4n) is 7.92. The summed E-state index contributed by atoms with van der Waals surface area (Å²) in [6, 6.07) is 56.3. The Bertz CT molecular complexity index is 3480. The van der Waals surface area contributed by atoms with Crippen LogP contribution < -0.4 is 0 Å². The van der Waals surface area contributed by atoms with Crippen LogP contribution in [0.4, 0.5) is 0 Å². The first-order valence-corrected chi connectivity index (χ1v) is 20.3. The number of furan rings is 1. The molecule has 0 saturated carbocycles. The first kappa shape index (κ1) is 32.1. The van der Waals surface area contributed by atoms with E-state index >= 15 is 0 Å². The second-order valence-electron chi connectivity index (χ2n) is 14.0. The highest BCUT2D eigenvalue weighted by Gasteiger charge is 2.22. The molecule has 5 heterocycles. The average molecular weight is 766 g/mol. The molecule has 0 bridgehead atoms. The van der Waals surface area contributed by atoms with Gasteiger partial charge in [-0.2, -0.15) is 0 Å². The summed E-state index contributed by atoms with van der Waals surface area (Å²) in [5.41, 5.74) is 7.81. The molecule has 8 heteroatoms. The lowest BCUT2D eigenvalue weighted by Gasteiger charge is -2.10. The van der Waals surface area contributed by atoms with E-state index in [1.165, 1.54) is 20.2 Å². The summed E-state index contributed by atoms with van der Waals surface area (Å²) in [7, 11) is 0. The Hall–Kier alpha value is -7.13. The van der Waals surface area contributed by atoms with E-state index in [9.17, 15) is 0 Å². The Labute approximate surface area is 333 Å². The van der Waals surface area contributed by atoms with E-state index < -0.39 is 0 Å². The van der Waals surface area contributed by atoms with Crippen molar-refractivity contribution in [3.05, 3.63) is 164 Å². The molecular formula is C49H27N5OS2. The molecule has 6 nitrogen and oxygen atoms in total. The van der Waals surface area contributed by atoms with Crippen molar-refractivity contribution >= 4 is 85.1 Å². The van der Waals surface area contributed by atoms with Gasteiger partial charge in [0.15, 0.2) is 28.9 Å². The molecule has 0 saturated heterocycles. The Kier molecular flexibility index (Phi) is 7.17. The zero-order valence-electron chi connectivity index (χ0n) is 30.0. The summed E-state index contributed by atoms with van der Waals surface area (Å²) in [4.78, 5) is 25.8. The zero-order chi connectivity index (χ0) is 37.5. The molecule has 0 radical (unpaired) electrons. The molecule has 7 aromatic carbocycles. The Morgan fingerprint density at radius 2 is 1.00 bits per heavy atom. The van der Waals surface area contributed by atoms with Crippen LogP contribution in [-0.4, -0.2) is 24.9 Å². The Morgan fingerprint density at radius 1 is 0.386 bits per heavy atom. The third kappa shape index (κ3) is 5.19. The van der Waals surface area contributed by atoms with Gasteiger partial charge in [0.25, 0.3) is 0 Å². The smallest absolute Gasteiger partial charge is 0.180 e. The monoisotopic (exact) mass is 765 g/mol. The van der Waals surface area contributed by atoms with Gasteiger partial charge >= 0.3 is 0 Å². The van der Waals surface area contributed by atoms with Crippen LogP contribution in [0, 0.1) is 0 Å². The number of fused-ring (bicyclic) bond motifs is 9. The minimum atomic E-state index is 0.625. The van der Waals surface area contributed by atoms with Crippen LogP contribution in [0.25, 0.3) is 119 Å². The van der Waals surface area contributed by atoms with E-state index in [1.54, 1.807) is 22.7 Å². The topological polar surface area (TPSA) is 77.6 Å². The van der Waals surface area contributed by atoms with Crippen LogP contribution in [0.15, 0.2) is 168 Å². The van der Waals surface area contributed by atoms with Gasteiger partial charge in [0.1, 0.15) is 16.8 Å². The molecule has 12 aromatic rings. The molecule has 0 aliphatic rings. The molecule has 0 atom stereocenters.